The molecule has 0 radical (unpaired) electrons. The third-order valence-corrected chi connectivity index (χ3v) is 3.31. The monoisotopic (exact) mass is 286 g/mol. The van der Waals surface area contributed by atoms with Gasteiger partial charge in [-0.25, -0.2) is 0 Å². The van der Waals surface area contributed by atoms with Crippen LogP contribution >= 0.6 is 0 Å². The van der Waals surface area contributed by atoms with Crippen molar-refractivity contribution >= 4 is 5.78 Å². The van der Waals surface area contributed by atoms with E-state index in [9.17, 15) is 9.90 Å². The molecule has 110 valence electrons. The van der Waals surface area contributed by atoms with Crippen LogP contribution in [0, 0.1) is 0 Å². The highest BCUT2D eigenvalue weighted by molar-refractivity contribution is 5.98. The second-order valence-electron chi connectivity index (χ2n) is 4.62. The van der Waals surface area contributed by atoms with Crippen LogP contribution in [0.5, 0.6) is 17.2 Å². The molecule has 4 heteroatoms. The van der Waals surface area contributed by atoms with Crippen molar-refractivity contribution in [1.29, 1.82) is 0 Å². The van der Waals surface area contributed by atoms with Gasteiger partial charge in [-0.05, 0) is 42.3 Å². The summed E-state index contributed by atoms with van der Waals surface area (Å²) in [5, 5.41) is 9.70. The van der Waals surface area contributed by atoms with Crippen LogP contribution in [0.2, 0.25) is 0 Å². The number of ketones is 1. The summed E-state index contributed by atoms with van der Waals surface area (Å²) in [4.78, 5) is 12.2. The molecule has 0 aliphatic carbocycles. The number of carbonyl (C=O) groups is 1. The highest BCUT2D eigenvalue weighted by Crippen LogP contribution is 2.26. The quantitative estimate of drug-likeness (QED) is 0.828. The number of phenols is 1. The topological polar surface area (TPSA) is 55.8 Å². The predicted octanol–water partition coefficient (Wildman–Crippen LogP) is 3.22. The number of hydrogen-bond acceptors (Lipinski definition) is 4. The molecule has 2 rings (SSSR count). The fraction of sp³-hybridized carbons (Fsp3) is 0.235. The fourth-order valence-corrected chi connectivity index (χ4v) is 2.17. The third-order valence-electron chi connectivity index (χ3n) is 3.31. The predicted molar refractivity (Wildman–Crippen MR) is 80.3 cm³/mol. The summed E-state index contributed by atoms with van der Waals surface area (Å²) >= 11 is 0. The van der Waals surface area contributed by atoms with Gasteiger partial charge in [0.05, 0.1) is 19.8 Å². The van der Waals surface area contributed by atoms with Crippen molar-refractivity contribution < 1.29 is 19.4 Å². The zero-order chi connectivity index (χ0) is 15.2. The third kappa shape index (κ3) is 3.54. The van der Waals surface area contributed by atoms with Crippen LogP contribution in [0.25, 0.3) is 0 Å². The molecule has 0 fully saturated rings. The van der Waals surface area contributed by atoms with Crippen LogP contribution in [0.15, 0.2) is 42.5 Å². The maximum absolute atomic E-state index is 12.2. The average molecular weight is 286 g/mol. The molecule has 0 aliphatic rings. The SMILES string of the molecule is COc1ccc(OC)c(CCC(=O)c2ccccc2O)c1. The largest absolute Gasteiger partial charge is 0.507 e. The highest BCUT2D eigenvalue weighted by Gasteiger charge is 2.12. The van der Waals surface area contributed by atoms with Crippen LogP contribution in [0.1, 0.15) is 22.3 Å². The van der Waals surface area contributed by atoms with Gasteiger partial charge < -0.3 is 14.6 Å². The van der Waals surface area contributed by atoms with Crippen LogP contribution < -0.4 is 9.47 Å². The molecule has 0 unspecified atom stereocenters. The Morgan fingerprint density at radius 3 is 2.52 bits per heavy atom. The van der Waals surface area contributed by atoms with E-state index >= 15 is 0 Å². The second-order valence-corrected chi connectivity index (χ2v) is 4.62. The zero-order valence-corrected chi connectivity index (χ0v) is 12.1. The molecule has 2 aromatic rings. The first kappa shape index (κ1) is 14.9. The Bertz CT molecular complexity index is 634. The van der Waals surface area contributed by atoms with Gasteiger partial charge in [-0.2, -0.15) is 0 Å². The van der Waals surface area contributed by atoms with E-state index in [1.54, 1.807) is 32.4 Å². The molecule has 0 aliphatic heterocycles. The molecule has 0 bridgehead atoms. The summed E-state index contributed by atoms with van der Waals surface area (Å²) in [7, 11) is 3.19. The lowest BCUT2D eigenvalue weighted by Crippen LogP contribution is -2.03. The lowest BCUT2D eigenvalue weighted by molar-refractivity contribution is 0.0980. The van der Waals surface area contributed by atoms with E-state index in [1.165, 1.54) is 6.07 Å². The molecule has 1 N–H and O–H groups in total. The first-order valence-electron chi connectivity index (χ1n) is 6.67. The van der Waals surface area contributed by atoms with Crippen LogP contribution in [0.4, 0.5) is 0 Å². The van der Waals surface area contributed by atoms with E-state index in [-0.39, 0.29) is 11.5 Å². The van der Waals surface area contributed by atoms with Gasteiger partial charge in [-0.15, -0.1) is 0 Å². The number of aromatic hydroxyl groups is 1. The van der Waals surface area contributed by atoms with E-state index in [0.29, 0.717) is 18.4 Å². The summed E-state index contributed by atoms with van der Waals surface area (Å²) in [5.41, 5.74) is 1.25. The molecule has 4 nitrogen and oxygen atoms in total. The van der Waals surface area contributed by atoms with Gasteiger partial charge >= 0.3 is 0 Å². The first-order chi connectivity index (χ1) is 10.2. The van der Waals surface area contributed by atoms with Crippen molar-refractivity contribution in [2.24, 2.45) is 0 Å². The number of hydrogen-bond donors (Lipinski definition) is 1. The Morgan fingerprint density at radius 2 is 1.86 bits per heavy atom. The molecule has 0 heterocycles. The van der Waals surface area contributed by atoms with Crippen LogP contribution in [-0.2, 0) is 6.42 Å². The number of aryl methyl sites for hydroxylation is 1. The van der Waals surface area contributed by atoms with Crippen molar-refractivity contribution in [1.82, 2.24) is 0 Å². The summed E-state index contributed by atoms with van der Waals surface area (Å²) in [6.07, 6.45) is 0.814. The molecule has 2 aromatic carbocycles. The maximum atomic E-state index is 12.2. The van der Waals surface area contributed by atoms with Crippen LogP contribution in [-0.4, -0.2) is 25.1 Å². The Morgan fingerprint density at radius 1 is 1.10 bits per heavy atom. The number of methoxy groups -OCH3 is 2. The number of rotatable bonds is 6. The Balaban J connectivity index is 2.12. The zero-order valence-electron chi connectivity index (χ0n) is 12.1. The van der Waals surface area contributed by atoms with Gasteiger partial charge in [-0.1, -0.05) is 12.1 Å². The summed E-state index contributed by atoms with van der Waals surface area (Å²) in [6.45, 7) is 0. The number of phenolic OH excluding ortho intramolecular Hbond substituents is 1. The Hall–Kier alpha value is -2.49. The molecule has 0 amide bonds. The lowest BCUT2D eigenvalue weighted by Gasteiger charge is -2.10. The van der Waals surface area contributed by atoms with Gasteiger partial charge in [0.2, 0.25) is 0 Å². The molecule has 21 heavy (non-hydrogen) atoms. The first-order valence-corrected chi connectivity index (χ1v) is 6.67. The smallest absolute Gasteiger partial charge is 0.166 e. The van der Waals surface area contributed by atoms with E-state index < -0.39 is 0 Å². The number of benzene rings is 2. The maximum Gasteiger partial charge on any atom is 0.166 e. The lowest BCUT2D eigenvalue weighted by atomic mass is 10.0. The van der Waals surface area contributed by atoms with Crippen molar-refractivity contribution in [3.8, 4) is 17.2 Å². The van der Waals surface area contributed by atoms with Crippen molar-refractivity contribution in [2.45, 2.75) is 12.8 Å². The van der Waals surface area contributed by atoms with Crippen LogP contribution in [0.3, 0.4) is 0 Å². The molecule has 0 saturated carbocycles. The molecule has 0 aromatic heterocycles. The Kier molecular flexibility index (Phi) is 4.82. The number of ether oxygens (including phenoxy) is 2. The fourth-order valence-electron chi connectivity index (χ4n) is 2.17. The molecule has 0 spiro atoms. The number of para-hydroxylation sites is 1. The van der Waals surface area contributed by atoms with E-state index in [2.05, 4.69) is 0 Å². The average Bonchev–Trinajstić information content (AvgIpc) is 2.52. The standard InChI is InChI=1S/C17H18O4/c1-20-13-8-10-17(21-2)12(11-13)7-9-16(19)14-5-3-4-6-15(14)18/h3-6,8,10-11,18H,7,9H2,1-2H3. The molecule has 0 atom stereocenters. The van der Waals surface area contributed by atoms with Crippen molar-refractivity contribution in [3.05, 3.63) is 53.6 Å². The van der Waals surface area contributed by atoms with Gasteiger partial charge in [0.15, 0.2) is 5.78 Å². The van der Waals surface area contributed by atoms with E-state index in [0.717, 1.165) is 17.1 Å². The minimum Gasteiger partial charge on any atom is -0.507 e. The minimum atomic E-state index is -0.0991. The minimum absolute atomic E-state index is 0.0140. The number of carbonyl (C=O) groups excluding carboxylic acids is 1. The van der Waals surface area contributed by atoms with Gasteiger partial charge in [0.1, 0.15) is 17.2 Å². The Labute approximate surface area is 123 Å². The van der Waals surface area contributed by atoms with E-state index in [4.69, 9.17) is 9.47 Å². The molecular weight excluding hydrogens is 268 g/mol. The highest BCUT2D eigenvalue weighted by atomic mass is 16.5. The summed E-state index contributed by atoms with van der Waals surface area (Å²) in [5.74, 6) is 1.36. The number of Topliss-reactive ketones (excluding diaryl/α,β-unsaturated/α-hetero) is 1. The van der Waals surface area contributed by atoms with Gasteiger partial charge in [-0.3, -0.25) is 4.79 Å². The van der Waals surface area contributed by atoms with Crippen molar-refractivity contribution in [3.63, 3.8) is 0 Å². The normalized spacial score (nSPS) is 10.2. The summed E-state index contributed by atoms with van der Waals surface area (Å²) < 4.78 is 10.5. The summed E-state index contributed by atoms with van der Waals surface area (Å²) in [6, 6.07) is 12.1. The van der Waals surface area contributed by atoms with Crippen molar-refractivity contribution in [2.75, 3.05) is 14.2 Å². The second kappa shape index (κ2) is 6.79. The molecular formula is C17H18O4. The van der Waals surface area contributed by atoms with Gasteiger partial charge in [0, 0.05) is 6.42 Å². The van der Waals surface area contributed by atoms with E-state index in [1.807, 2.05) is 18.2 Å². The molecule has 0 saturated heterocycles. The van der Waals surface area contributed by atoms with Gasteiger partial charge in [0.25, 0.3) is 0 Å².